The van der Waals surface area contributed by atoms with Crippen LogP contribution in [0.3, 0.4) is 0 Å². The van der Waals surface area contributed by atoms with Gasteiger partial charge in [0.05, 0.1) is 0 Å². The van der Waals surface area contributed by atoms with Gasteiger partial charge in [-0.05, 0) is 32.0 Å². The van der Waals surface area contributed by atoms with E-state index in [-0.39, 0.29) is 11.9 Å². The Balaban J connectivity index is 1.36. The molecule has 0 saturated carbocycles. The highest BCUT2D eigenvalue weighted by Crippen LogP contribution is 2.20. The Labute approximate surface area is 164 Å². The molecular formula is C22H27FN4O+2. The smallest absolute Gasteiger partial charge is 0.274 e. The van der Waals surface area contributed by atoms with Gasteiger partial charge in [-0.25, -0.2) is 4.39 Å². The molecule has 3 aromatic rings. The molecule has 0 radical (unpaired) electrons. The predicted molar refractivity (Wildman–Crippen MR) is 104 cm³/mol. The van der Waals surface area contributed by atoms with Crippen LogP contribution in [0, 0.1) is 12.7 Å². The summed E-state index contributed by atoms with van der Waals surface area (Å²) in [7, 11) is 0. The highest BCUT2D eigenvalue weighted by Gasteiger charge is 2.31. The predicted octanol–water partition coefficient (Wildman–Crippen LogP) is 1.23. The minimum atomic E-state index is -0.104. The molecule has 0 bridgehead atoms. The Bertz CT molecular complexity index is 916. The van der Waals surface area contributed by atoms with E-state index in [0.29, 0.717) is 11.8 Å². The van der Waals surface area contributed by atoms with Crippen LogP contribution in [-0.2, 0) is 6.54 Å². The summed E-state index contributed by atoms with van der Waals surface area (Å²) in [6.45, 7) is 8.97. The number of nitrogens with zero attached hydrogens (tertiary/aromatic N) is 2. The highest BCUT2D eigenvalue weighted by atomic mass is 19.1. The first-order valence-corrected chi connectivity index (χ1v) is 9.92. The van der Waals surface area contributed by atoms with Crippen molar-refractivity contribution in [1.82, 2.24) is 10.2 Å². The topological polar surface area (TPSA) is 47.8 Å². The standard InChI is InChI=1S/C22H25FN4O/c1-16-7-9-18(10-8-16)22-25-24-21(28-22)17(2)27-13-11-26(12-14-27)15-19-5-3-4-6-20(19)23/h3-10,17H,11-15H2,1-2H3/p+2/t17-/m1/s1. The number of halogens is 1. The maximum atomic E-state index is 13.9. The molecule has 28 heavy (non-hydrogen) atoms. The van der Waals surface area contributed by atoms with Crippen LogP contribution >= 0.6 is 0 Å². The zero-order valence-corrected chi connectivity index (χ0v) is 16.4. The fourth-order valence-electron chi connectivity index (χ4n) is 3.84. The molecule has 146 valence electrons. The number of hydrogen-bond acceptors (Lipinski definition) is 3. The fraction of sp³-hybridized carbons (Fsp3) is 0.364. The summed E-state index contributed by atoms with van der Waals surface area (Å²) in [6.07, 6.45) is 0. The minimum absolute atomic E-state index is 0.104. The summed E-state index contributed by atoms with van der Waals surface area (Å²) in [5.41, 5.74) is 2.95. The average Bonchev–Trinajstić information content (AvgIpc) is 3.20. The number of hydrogen-bond donors (Lipinski definition) is 2. The van der Waals surface area contributed by atoms with E-state index in [0.717, 1.165) is 43.9 Å². The van der Waals surface area contributed by atoms with E-state index in [1.54, 1.807) is 12.1 Å². The molecule has 1 aliphatic rings. The van der Waals surface area contributed by atoms with Crippen molar-refractivity contribution in [2.45, 2.75) is 26.4 Å². The van der Waals surface area contributed by atoms with E-state index in [2.05, 4.69) is 24.0 Å². The molecule has 6 heteroatoms. The van der Waals surface area contributed by atoms with Crippen molar-refractivity contribution in [2.75, 3.05) is 26.2 Å². The molecule has 0 spiro atoms. The van der Waals surface area contributed by atoms with Crippen LogP contribution in [-0.4, -0.2) is 36.4 Å². The minimum Gasteiger partial charge on any atom is -0.415 e. The van der Waals surface area contributed by atoms with Gasteiger partial charge in [0.1, 0.15) is 38.5 Å². The number of quaternary nitrogens is 2. The van der Waals surface area contributed by atoms with E-state index >= 15 is 0 Å². The van der Waals surface area contributed by atoms with Crippen molar-refractivity contribution >= 4 is 0 Å². The van der Waals surface area contributed by atoms with Crippen molar-refractivity contribution in [3.05, 3.63) is 71.4 Å². The third-order valence-electron chi connectivity index (χ3n) is 5.72. The normalized spacial score (nSPS) is 20.8. The van der Waals surface area contributed by atoms with Gasteiger partial charge in [-0.1, -0.05) is 35.9 Å². The number of piperazine rings is 1. The third-order valence-corrected chi connectivity index (χ3v) is 5.72. The average molecular weight is 382 g/mol. The van der Waals surface area contributed by atoms with Crippen LogP contribution in [0.2, 0.25) is 0 Å². The van der Waals surface area contributed by atoms with Gasteiger partial charge in [0.2, 0.25) is 5.89 Å². The quantitative estimate of drug-likeness (QED) is 0.698. The first-order chi connectivity index (χ1) is 13.6. The van der Waals surface area contributed by atoms with E-state index in [4.69, 9.17) is 4.42 Å². The van der Waals surface area contributed by atoms with Gasteiger partial charge in [0, 0.05) is 11.1 Å². The molecule has 4 rings (SSSR count). The number of aromatic nitrogens is 2. The lowest BCUT2D eigenvalue weighted by molar-refractivity contribution is -1.03. The van der Waals surface area contributed by atoms with Crippen LogP contribution < -0.4 is 9.80 Å². The lowest BCUT2D eigenvalue weighted by Gasteiger charge is -2.32. The Morgan fingerprint density at radius 2 is 1.71 bits per heavy atom. The molecule has 1 aromatic heterocycles. The molecule has 5 nitrogen and oxygen atoms in total. The Morgan fingerprint density at radius 1 is 1.00 bits per heavy atom. The summed E-state index contributed by atoms with van der Waals surface area (Å²) in [5, 5.41) is 8.53. The van der Waals surface area contributed by atoms with Crippen molar-refractivity contribution in [3.8, 4) is 11.5 Å². The molecule has 1 saturated heterocycles. The molecule has 1 aliphatic heterocycles. The van der Waals surface area contributed by atoms with Gasteiger partial charge in [-0.2, -0.15) is 0 Å². The molecule has 2 N–H and O–H groups in total. The van der Waals surface area contributed by atoms with Gasteiger partial charge in [-0.15, -0.1) is 10.2 Å². The lowest BCUT2D eigenvalue weighted by atomic mass is 10.1. The van der Waals surface area contributed by atoms with Crippen LogP contribution in [0.25, 0.3) is 11.5 Å². The fourth-order valence-corrected chi connectivity index (χ4v) is 3.84. The molecule has 0 amide bonds. The van der Waals surface area contributed by atoms with Gasteiger partial charge in [-0.3, -0.25) is 0 Å². The molecule has 2 aromatic carbocycles. The zero-order chi connectivity index (χ0) is 19.5. The highest BCUT2D eigenvalue weighted by molar-refractivity contribution is 5.52. The number of benzene rings is 2. The maximum absolute atomic E-state index is 13.9. The van der Waals surface area contributed by atoms with Crippen molar-refractivity contribution in [3.63, 3.8) is 0 Å². The second kappa shape index (κ2) is 8.20. The third kappa shape index (κ3) is 4.13. The summed E-state index contributed by atoms with van der Waals surface area (Å²) in [6, 6.07) is 15.3. The lowest BCUT2D eigenvalue weighted by Crippen LogP contribution is -3.27. The summed E-state index contributed by atoms with van der Waals surface area (Å²) in [5.74, 6) is 1.15. The Kier molecular flexibility index (Phi) is 5.50. The van der Waals surface area contributed by atoms with Crippen LogP contribution in [0.5, 0.6) is 0 Å². The Hall–Kier alpha value is -2.57. The van der Waals surface area contributed by atoms with Gasteiger partial charge in [0.25, 0.3) is 5.89 Å². The van der Waals surface area contributed by atoms with Gasteiger partial charge in [0.15, 0.2) is 6.04 Å². The van der Waals surface area contributed by atoms with E-state index < -0.39 is 0 Å². The van der Waals surface area contributed by atoms with Gasteiger partial charge < -0.3 is 14.2 Å². The van der Waals surface area contributed by atoms with Crippen molar-refractivity contribution in [1.29, 1.82) is 0 Å². The maximum Gasteiger partial charge on any atom is 0.274 e. The zero-order valence-electron chi connectivity index (χ0n) is 16.4. The molecule has 1 fully saturated rings. The number of rotatable bonds is 5. The molecule has 0 aliphatic carbocycles. The monoisotopic (exact) mass is 382 g/mol. The van der Waals surface area contributed by atoms with Crippen molar-refractivity contribution < 1.29 is 18.6 Å². The van der Waals surface area contributed by atoms with Crippen LogP contribution in [0.4, 0.5) is 4.39 Å². The first-order valence-electron chi connectivity index (χ1n) is 9.92. The van der Waals surface area contributed by atoms with E-state index in [1.807, 2.05) is 36.4 Å². The summed E-state index contributed by atoms with van der Waals surface area (Å²) in [4.78, 5) is 2.86. The van der Waals surface area contributed by atoms with Crippen LogP contribution in [0.1, 0.15) is 30.0 Å². The molecular weight excluding hydrogens is 355 g/mol. The van der Waals surface area contributed by atoms with E-state index in [9.17, 15) is 4.39 Å². The second-order valence-corrected chi connectivity index (χ2v) is 7.71. The van der Waals surface area contributed by atoms with E-state index in [1.165, 1.54) is 15.4 Å². The SMILES string of the molecule is Cc1ccc(-c2nnc([C@@H](C)[NH+]3CC[NH+](Cc4ccccc4F)CC3)o2)cc1. The molecule has 0 unspecified atom stereocenters. The van der Waals surface area contributed by atoms with Crippen molar-refractivity contribution in [2.24, 2.45) is 0 Å². The Morgan fingerprint density at radius 3 is 2.43 bits per heavy atom. The number of nitrogens with one attached hydrogen (secondary N) is 2. The number of aryl methyl sites for hydroxylation is 1. The first kappa shape index (κ1) is 18.8. The largest absolute Gasteiger partial charge is 0.415 e. The second-order valence-electron chi connectivity index (χ2n) is 7.71. The summed E-state index contributed by atoms with van der Waals surface area (Å²) >= 11 is 0. The molecule has 2 heterocycles. The molecule has 1 atom stereocenters. The van der Waals surface area contributed by atoms with Crippen LogP contribution in [0.15, 0.2) is 52.9 Å². The summed E-state index contributed by atoms with van der Waals surface area (Å²) < 4.78 is 19.9. The van der Waals surface area contributed by atoms with Gasteiger partial charge >= 0.3 is 0 Å².